The Morgan fingerprint density at radius 1 is 1.39 bits per heavy atom. The third-order valence-corrected chi connectivity index (χ3v) is 3.47. The van der Waals surface area contributed by atoms with Crippen LogP contribution in [-0.4, -0.2) is 27.6 Å². The molecule has 2 aromatic heterocycles. The van der Waals surface area contributed by atoms with Crippen molar-refractivity contribution in [1.29, 1.82) is 0 Å². The monoisotopic (exact) mass is 283 g/mol. The average Bonchev–Trinajstić information content (AvgIpc) is 2.76. The number of rotatable bonds is 5. The van der Waals surface area contributed by atoms with Crippen LogP contribution in [0, 0.1) is 0 Å². The van der Waals surface area contributed by atoms with E-state index in [0.717, 1.165) is 10.8 Å². The Hall–Kier alpha value is -1.66. The van der Waals surface area contributed by atoms with E-state index in [-0.39, 0.29) is 5.69 Å². The maximum absolute atomic E-state index is 10.6. The van der Waals surface area contributed by atoms with Gasteiger partial charge in [0.2, 0.25) is 0 Å². The summed E-state index contributed by atoms with van der Waals surface area (Å²) in [7, 11) is 0. The van der Waals surface area contributed by atoms with Crippen LogP contribution in [-0.2, 0) is 6.42 Å². The predicted molar refractivity (Wildman–Crippen MR) is 70.5 cm³/mol. The van der Waals surface area contributed by atoms with E-state index in [0.29, 0.717) is 12.4 Å². The van der Waals surface area contributed by atoms with Crippen LogP contribution in [0.25, 0.3) is 0 Å². The van der Waals surface area contributed by atoms with Gasteiger partial charge in [-0.15, -0.1) is 11.3 Å². The number of hydrogen-bond acceptors (Lipinski definition) is 5. The molecule has 94 valence electrons. The van der Waals surface area contributed by atoms with E-state index < -0.39 is 5.97 Å². The molecule has 2 rings (SSSR count). The van der Waals surface area contributed by atoms with Crippen LogP contribution in [0.5, 0.6) is 0 Å². The summed E-state index contributed by atoms with van der Waals surface area (Å²) in [5.41, 5.74) is -0.0643. The first-order chi connectivity index (χ1) is 8.65. The van der Waals surface area contributed by atoms with Gasteiger partial charge in [0, 0.05) is 11.4 Å². The highest BCUT2D eigenvalue weighted by molar-refractivity contribution is 7.16. The van der Waals surface area contributed by atoms with E-state index in [1.54, 1.807) is 11.3 Å². The van der Waals surface area contributed by atoms with Crippen molar-refractivity contribution in [2.45, 2.75) is 6.42 Å². The average molecular weight is 284 g/mol. The number of nitrogens with zero attached hydrogens (tertiary/aromatic N) is 2. The normalized spacial score (nSPS) is 10.3. The van der Waals surface area contributed by atoms with Crippen LogP contribution in [0.15, 0.2) is 24.5 Å². The lowest BCUT2D eigenvalue weighted by molar-refractivity contribution is 0.0690. The number of hydrogen-bond donors (Lipinski definition) is 2. The summed E-state index contributed by atoms with van der Waals surface area (Å²) in [6.45, 7) is 0.692. The fourth-order valence-electron chi connectivity index (χ4n) is 1.33. The molecule has 0 spiro atoms. The molecule has 0 saturated carbocycles. The zero-order chi connectivity index (χ0) is 13.0. The number of carboxylic acids is 1. The van der Waals surface area contributed by atoms with E-state index in [1.165, 1.54) is 17.3 Å². The molecule has 2 aromatic rings. The molecule has 5 nitrogen and oxygen atoms in total. The number of carboxylic acid groups (broad SMARTS) is 1. The second-order valence-electron chi connectivity index (χ2n) is 3.47. The van der Waals surface area contributed by atoms with Gasteiger partial charge in [-0.3, -0.25) is 0 Å². The van der Waals surface area contributed by atoms with Gasteiger partial charge in [0.25, 0.3) is 0 Å². The summed E-state index contributed by atoms with van der Waals surface area (Å²) in [6.07, 6.45) is 3.47. The fraction of sp³-hybridized carbons (Fsp3) is 0.182. The third kappa shape index (κ3) is 3.41. The molecule has 0 bridgehead atoms. The first-order valence-corrected chi connectivity index (χ1v) is 6.38. The number of nitrogens with one attached hydrogen (secondary N) is 1. The molecule has 0 aromatic carbocycles. The third-order valence-electron chi connectivity index (χ3n) is 2.18. The summed E-state index contributed by atoms with van der Waals surface area (Å²) in [5, 5.41) is 11.7. The number of thiophene rings is 1. The molecule has 0 amide bonds. The quantitative estimate of drug-likeness (QED) is 0.882. The largest absolute Gasteiger partial charge is 0.476 e. The van der Waals surface area contributed by atoms with Crippen molar-refractivity contribution < 1.29 is 9.90 Å². The molecule has 2 N–H and O–H groups in total. The minimum atomic E-state index is -1.08. The summed E-state index contributed by atoms with van der Waals surface area (Å²) >= 11 is 7.36. The molecule has 0 radical (unpaired) electrons. The molecule has 0 aliphatic carbocycles. The van der Waals surface area contributed by atoms with E-state index in [9.17, 15) is 4.79 Å². The lowest BCUT2D eigenvalue weighted by atomic mass is 10.3. The molecule has 2 heterocycles. The van der Waals surface area contributed by atoms with Crippen LogP contribution >= 0.6 is 22.9 Å². The van der Waals surface area contributed by atoms with Crippen molar-refractivity contribution in [2.75, 3.05) is 11.9 Å². The van der Waals surface area contributed by atoms with Gasteiger partial charge < -0.3 is 10.4 Å². The number of halogens is 1. The molecule has 0 aliphatic rings. The van der Waals surface area contributed by atoms with Gasteiger partial charge in [-0.25, -0.2) is 14.8 Å². The number of carbonyl (C=O) groups is 1. The molecule has 0 fully saturated rings. The van der Waals surface area contributed by atoms with Crippen LogP contribution in [0.1, 0.15) is 15.4 Å². The van der Waals surface area contributed by atoms with E-state index in [1.807, 2.05) is 12.1 Å². The second-order valence-corrected chi connectivity index (χ2v) is 5.27. The molecule has 0 unspecified atom stereocenters. The van der Waals surface area contributed by atoms with Gasteiger partial charge in [-0.2, -0.15) is 0 Å². The molecular formula is C11H10ClN3O2S. The van der Waals surface area contributed by atoms with Crippen molar-refractivity contribution in [2.24, 2.45) is 0 Å². The van der Waals surface area contributed by atoms with Crippen molar-refractivity contribution in [3.63, 3.8) is 0 Å². The SMILES string of the molecule is O=C(O)c1cnc(NCCc2ccc(Cl)s2)cn1. The number of anilines is 1. The standard InChI is InChI=1S/C11H10ClN3O2S/c12-9-2-1-7(18-9)3-4-13-10-6-14-8(5-15-10)11(16)17/h1-2,5-6H,3-4H2,(H,13,15)(H,16,17). The second kappa shape index (κ2) is 5.79. The highest BCUT2D eigenvalue weighted by atomic mass is 35.5. The van der Waals surface area contributed by atoms with E-state index >= 15 is 0 Å². The summed E-state index contributed by atoms with van der Waals surface area (Å²) in [5.74, 6) is -0.523. The molecule has 0 saturated heterocycles. The molecular weight excluding hydrogens is 274 g/mol. The Kier molecular flexibility index (Phi) is 4.11. The van der Waals surface area contributed by atoms with E-state index in [2.05, 4.69) is 15.3 Å². The first-order valence-electron chi connectivity index (χ1n) is 5.18. The Balaban J connectivity index is 1.85. The summed E-state index contributed by atoms with van der Waals surface area (Å²) in [4.78, 5) is 19.5. The molecule has 18 heavy (non-hydrogen) atoms. The minimum Gasteiger partial charge on any atom is -0.476 e. The summed E-state index contributed by atoms with van der Waals surface area (Å²) < 4.78 is 0.774. The lowest BCUT2D eigenvalue weighted by Crippen LogP contribution is -2.07. The predicted octanol–water partition coefficient (Wildman–Crippen LogP) is 2.54. The molecule has 0 aliphatic heterocycles. The maximum Gasteiger partial charge on any atom is 0.356 e. The Morgan fingerprint density at radius 3 is 2.78 bits per heavy atom. The lowest BCUT2D eigenvalue weighted by Gasteiger charge is -2.03. The zero-order valence-corrected chi connectivity index (χ0v) is 10.8. The fourth-order valence-corrected chi connectivity index (χ4v) is 2.42. The van der Waals surface area contributed by atoms with Crippen molar-refractivity contribution in [3.8, 4) is 0 Å². The van der Waals surface area contributed by atoms with Crippen molar-refractivity contribution >= 4 is 34.7 Å². The molecule has 0 atom stereocenters. The maximum atomic E-state index is 10.6. The van der Waals surface area contributed by atoms with Crippen molar-refractivity contribution in [1.82, 2.24) is 9.97 Å². The smallest absolute Gasteiger partial charge is 0.356 e. The van der Waals surface area contributed by atoms with Gasteiger partial charge in [0.1, 0.15) is 5.82 Å². The Morgan fingerprint density at radius 2 is 2.22 bits per heavy atom. The first kappa shape index (κ1) is 12.8. The van der Waals surface area contributed by atoms with Crippen LogP contribution < -0.4 is 5.32 Å². The zero-order valence-electron chi connectivity index (χ0n) is 9.26. The highest BCUT2D eigenvalue weighted by Gasteiger charge is 2.04. The van der Waals surface area contributed by atoms with Gasteiger partial charge in [0.05, 0.1) is 16.7 Å². The number of aromatic nitrogens is 2. The van der Waals surface area contributed by atoms with Crippen LogP contribution in [0.2, 0.25) is 4.34 Å². The number of aromatic carboxylic acids is 1. The topological polar surface area (TPSA) is 75.1 Å². The van der Waals surface area contributed by atoms with Crippen molar-refractivity contribution in [3.05, 3.63) is 39.4 Å². The molecule has 7 heteroatoms. The van der Waals surface area contributed by atoms with Crippen LogP contribution in [0.3, 0.4) is 0 Å². The highest BCUT2D eigenvalue weighted by Crippen LogP contribution is 2.21. The van der Waals surface area contributed by atoms with E-state index in [4.69, 9.17) is 16.7 Å². The van der Waals surface area contributed by atoms with Gasteiger partial charge in [0.15, 0.2) is 5.69 Å². The Bertz CT molecular complexity index is 541. The van der Waals surface area contributed by atoms with Gasteiger partial charge >= 0.3 is 5.97 Å². The van der Waals surface area contributed by atoms with Crippen LogP contribution in [0.4, 0.5) is 5.82 Å². The van der Waals surface area contributed by atoms with Gasteiger partial charge in [-0.1, -0.05) is 11.6 Å². The summed E-state index contributed by atoms with van der Waals surface area (Å²) in [6, 6.07) is 3.84. The Labute approximate surface area is 112 Å². The van der Waals surface area contributed by atoms with Gasteiger partial charge in [-0.05, 0) is 18.6 Å². The minimum absolute atomic E-state index is 0.0643.